The number of aromatic nitrogens is 1. The molecule has 1 saturated heterocycles. The largest absolute Gasteiger partial charge is 0.495 e. The normalized spacial score (nSPS) is 17.0. The summed E-state index contributed by atoms with van der Waals surface area (Å²) in [5.74, 6) is -1.33. The van der Waals surface area contributed by atoms with Gasteiger partial charge in [0, 0.05) is 18.5 Å². The molecular formula is C19H16N2O4S. The molecule has 2 aromatic carbocycles. The van der Waals surface area contributed by atoms with Crippen molar-refractivity contribution in [1.29, 1.82) is 0 Å². The number of amides is 1. The summed E-state index contributed by atoms with van der Waals surface area (Å²) in [6.07, 6.45) is 0.00382. The van der Waals surface area contributed by atoms with Gasteiger partial charge < -0.3 is 14.7 Å². The van der Waals surface area contributed by atoms with E-state index in [4.69, 9.17) is 4.74 Å². The van der Waals surface area contributed by atoms with Crippen LogP contribution in [-0.2, 0) is 9.59 Å². The van der Waals surface area contributed by atoms with Crippen molar-refractivity contribution in [3.8, 4) is 16.3 Å². The first-order chi connectivity index (χ1) is 12.6. The van der Waals surface area contributed by atoms with Crippen molar-refractivity contribution in [3.05, 3.63) is 42.5 Å². The van der Waals surface area contributed by atoms with Crippen molar-refractivity contribution in [3.63, 3.8) is 0 Å². The maximum absolute atomic E-state index is 12.3. The third-order valence-electron chi connectivity index (χ3n) is 4.48. The first-order valence-corrected chi connectivity index (χ1v) is 8.95. The highest BCUT2D eigenvalue weighted by atomic mass is 32.1. The van der Waals surface area contributed by atoms with Crippen LogP contribution >= 0.6 is 11.3 Å². The number of aliphatic carboxylic acids is 1. The smallest absolute Gasteiger partial charge is 0.308 e. The van der Waals surface area contributed by atoms with Crippen molar-refractivity contribution >= 4 is 39.1 Å². The van der Waals surface area contributed by atoms with E-state index >= 15 is 0 Å². The van der Waals surface area contributed by atoms with E-state index < -0.39 is 11.9 Å². The van der Waals surface area contributed by atoms with Crippen LogP contribution in [0.1, 0.15) is 6.42 Å². The first-order valence-electron chi connectivity index (χ1n) is 8.14. The van der Waals surface area contributed by atoms with Gasteiger partial charge in [0.05, 0.1) is 28.9 Å². The zero-order chi connectivity index (χ0) is 18.3. The Morgan fingerprint density at radius 2 is 2.12 bits per heavy atom. The van der Waals surface area contributed by atoms with Crippen LogP contribution in [0.25, 0.3) is 20.8 Å². The minimum absolute atomic E-state index is 0.00382. The number of anilines is 1. The third kappa shape index (κ3) is 2.80. The molecule has 1 N–H and O–H groups in total. The third-order valence-corrected chi connectivity index (χ3v) is 5.57. The highest BCUT2D eigenvalue weighted by molar-refractivity contribution is 7.21. The fourth-order valence-corrected chi connectivity index (χ4v) is 4.10. The second kappa shape index (κ2) is 6.42. The van der Waals surface area contributed by atoms with Crippen LogP contribution in [0.4, 0.5) is 5.69 Å². The van der Waals surface area contributed by atoms with E-state index in [1.807, 2.05) is 36.4 Å². The minimum atomic E-state index is -0.956. The van der Waals surface area contributed by atoms with Crippen molar-refractivity contribution in [1.82, 2.24) is 4.98 Å². The number of fused-ring (bicyclic) bond motifs is 1. The molecule has 6 nitrogen and oxygen atoms in total. The Labute approximate surface area is 153 Å². The van der Waals surface area contributed by atoms with E-state index in [0.29, 0.717) is 11.4 Å². The summed E-state index contributed by atoms with van der Waals surface area (Å²) in [5, 5.41) is 10.1. The SMILES string of the molecule is COc1ccc(-c2nc3ccccc3s2)cc1N1C[C@@H](C(=O)O)CC1=O. The molecule has 2 heterocycles. The number of carboxylic acid groups (broad SMARTS) is 1. The monoisotopic (exact) mass is 368 g/mol. The number of methoxy groups -OCH3 is 1. The van der Waals surface area contributed by atoms with Crippen molar-refractivity contribution in [2.24, 2.45) is 5.92 Å². The van der Waals surface area contributed by atoms with Gasteiger partial charge in [0.25, 0.3) is 0 Å². The number of ether oxygens (including phenoxy) is 1. The molecule has 0 aliphatic carbocycles. The van der Waals surface area contributed by atoms with E-state index in [1.54, 1.807) is 17.4 Å². The van der Waals surface area contributed by atoms with Gasteiger partial charge in [-0.15, -0.1) is 11.3 Å². The number of rotatable bonds is 4. The fourth-order valence-electron chi connectivity index (χ4n) is 3.14. The predicted molar refractivity (Wildman–Crippen MR) is 99.7 cm³/mol. The Balaban J connectivity index is 1.76. The number of benzene rings is 2. The summed E-state index contributed by atoms with van der Waals surface area (Å²) < 4.78 is 6.48. The van der Waals surface area contributed by atoms with Crippen LogP contribution in [0.2, 0.25) is 0 Å². The molecule has 1 aliphatic rings. The van der Waals surface area contributed by atoms with E-state index in [2.05, 4.69) is 4.98 Å². The zero-order valence-corrected chi connectivity index (χ0v) is 14.8. The number of nitrogens with zero attached hydrogens (tertiary/aromatic N) is 2. The lowest BCUT2D eigenvalue weighted by Gasteiger charge is -2.20. The molecule has 26 heavy (non-hydrogen) atoms. The van der Waals surface area contributed by atoms with Gasteiger partial charge in [0.1, 0.15) is 10.8 Å². The first kappa shape index (κ1) is 16.5. The molecule has 0 bridgehead atoms. The van der Waals surface area contributed by atoms with Gasteiger partial charge in [-0.05, 0) is 30.3 Å². The van der Waals surface area contributed by atoms with Gasteiger partial charge in [0.15, 0.2) is 0 Å². The molecule has 0 spiro atoms. The van der Waals surface area contributed by atoms with E-state index in [0.717, 1.165) is 20.8 Å². The number of carbonyl (C=O) groups excluding carboxylic acids is 1. The summed E-state index contributed by atoms with van der Waals surface area (Å²) in [6.45, 7) is 0.147. The van der Waals surface area contributed by atoms with Crippen molar-refractivity contribution in [2.45, 2.75) is 6.42 Å². The Morgan fingerprint density at radius 1 is 1.31 bits per heavy atom. The standard InChI is InChI=1S/C19H16N2O4S/c1-25-15-7-6-11(18-20-13-4-2-3-5-16(13)26-18)8-14(15)21-10-12(19(23)24)9-17(21)22/h2-8,12H,9-10H2,1H3,(H,23,24)/t12-/m0/s1. The van der Waals surface area contributed by atoms with Gasteiger partial charge in [-0.2, -0.15) is 0 Å². The number of thiazole rings is 1. The molecule has 0 saturated carbocycles. The Kier molecular flexibility index (Phi) is 4.08. The lowest BCUT2D eigenvalue weighted by molar-refractivity contribution is -0.141. The van der Waals surface area contributed by atoms with Crippen LogP contribution in [0.5, 0.6) is 5.75 Å². The molecule has 132 valence electrons. The van der Waals surface area contributed by atoms with Crippen molar-refractivity contribution < 1.29 is 19.4 Å². The quantitative estimate of drug-likeness (QED) is 0.763. The minimum Gasteiger partial charge on any atom is -0.495 e. The van der Waals surface area contributed by atoms with Gasteiger partial charge in [-0.3, -0.25) is 9.59 Å². The average molecular weight is 368 g/mol. The number of hydrogen-bond acceptors (Lipinski definition) is 5. The maximum atomic E-state index is 12.3. The molecular weight excluding hydrogens is 352 g/mol. The predicted octanol–water partition coefficient (Wildman–Crippen LogP) is 3.41. The lowest BCUT2D eigenvalue weighted by Crippen LogP contribution is -2.26. The Bertz CT molecular complexity index is 981. The van der Waals surface area contributed by atoms with E-state index in [-0.39, 0.29) is 18.9 Å². The zero-order valence-electron chi connectivity index (χ0n) is 14.0. The molecule has 0 unspecified atom stereocenters. The average Bonchev–Trinajstić information content (AvgIpc) is 3.24. The number of hydrogen-bond donors (Lipinski definition) is 1. The summed E-state index contributed by atoms with van der Waals surface area (Å²) in [6, 6.07) is 13.4. The summed E-state index contributed by atoms with van der Waals surface area (Å²) >= 11 is 1.57. The number of carboxylic acids is 1. The Hall–Kier alpha value is -2.93. The highest BCUT2D eigenvalue weighted by Gasteiger charge is 2.36. The molecule has 1 aromatic heterocycles. The van der Waals surface area contributed by atoms with Crippen LogP contribution in [0, 0.1) is 5.92 Å². The molecule has 1 amide bonds. The molecule has 0 radical (unpaired) electrons. The fraction of sp³-hybridized carbons (Fsp3) is 0.211. The molecule has 1 fully saturated rings. The lowest BCUT2D eigenvalue weighted by atomic mass is 10.1. The number of carbonyl (C=O) groups is 2. The molecule has 1 atom stereocenters. The van der Waals surface area contributed by atoms with Crippen molar-refractivity contribution in [2.75, 3.05) is 18.6 Å². The molecule has 7 heteroatoms. The Morgan fingerprint density at radius 3 is 2.81 bits per heavy atom. The van der Waals surface area contributed by atoms with Gasteiger partial charge in [0.2, 0.25) is 5.91 Å². The number of para-hydroxylation sites is 1. The molecule has 4 rings (SSSR count). The second-order valence-corrected chi connectivity index (χ2v) is 7.15. The van der Waals surface area contributed by atoms with Crippen LogP contribution in [0.3, 0.4) is 0 Å². The van der Waals surface area contributed by atoms with Crippen LogP contribution in [-0.4, -0.2) is 35.6 Å². The van der Waals surface area contributed by atoms with Crippen LogP contribution in [0.15, 0.2) is 42.5 Å². The topological polar surface area (TPSA) is 79.7 Å². The van der Waals surface area contributed by atoms with Gasteiger partial charge in [-0.25, -0.2) is 4.98 Å². The second-order valence-electron chi connectivity index (χ2n) is 6.12. The van der Waals surface area contributed by atoms with Crippen LogP contribution < -0.4 is 9.64 Å². The maximum Gasteiger partial charge on any atom is 0.308 e. The van der Waals surface area contributed by atoms with E-state index in [9.17, 15) is 14.7 Å². The summed E-state index contributed by atoms with van der Waals surface area (Å²) in [5.41, 5.74) is 2.37. The molecule has 1 aliphatic heterocycles. The highest BCUT2D eigenvalue weighted by Crippen LogP contribution is 2.38. The van der Waals surface area contributed by atoms with E-state index in [1.165, 1.54) is 12.0 Å². The summed E-state index contributed by atoms with van der Waals surface area (Å²) in [4.78, 5) is 29.7. The van der Waals surface area contributed by atoms with Gasteiger partial charge in [-0.1, -0.05) is 12.1 Å². The van der Waals surface area contributed by atoms with Gasteiger partial charge >= 0.3 is 5.97 Å². The molecule has 3 aromatic rings. The summed E-state index contributed by atoms with van der Waals surface area (Å²) in [7, 11) is 1.53.